The van der Waals surface area contributed by atoms with Crippen LogP contribution in [0.25, 0.3) is 27.5 Å². The van der Waals surface area contributed by atoms with Crippen LogP contribution >= 0.6 is 0 Å². The van der Waals surface area contributed by atoms with Crippen LogP contribution in [0.15, 0.2) is 85.3 Å². The molecule has 230 valence electrons. The summed E-state index contributed by atoms with van der Waals surface area (Å²) < 4.78 is 29.1. The molecule has 0 N–H and O–H groups in total. The average molecular weight is 619 g/mol. The van der Waals surface area contributed by atoms with Gasteiger partial charge in [0.25, 0.3) is 11.8 Å². The third kappa shape index (κ3) is 5.23. The van der Waals surface area contributed by atoms with Crippen molar-refractivity contribution in [1.82, 2.24) is 24.5 Å². The van der Waals surface area contributed by atoms with Gasteiger partial charge in [-0.1, -0.05) is 25.5 Å². The monoisotopic (exact) mass is 618 g/mol. The van der Waals surface area contributed by atoms with Gasteiger partial charge in [0.1, 0.15) is 19.0 Å². The summed E-state index contributed by atoms with van der Waals surface area (Å²) in [7, 11) is 0. The number of nitrogens with zero attached hydrogens (tertiary/aromatic N) is 6. The number of ether oxygens (including phenoxy) is 2. The fourth-order valence-electron chi connectivity index (χ4n) is 5.44. The SMILES string of the molecule is CCCCOC(=O)Cn1ncc2cc(-n3cccn3)c(COc3cc4cc(F)ccc4nc3N3C(=O)c4ccccc4C3=O)cc21. The molecule has 3 aromatic heterocycles. The molecule has 7 rings (SSSR count). The van der Waals surface area contributed by atoms with Gasteiger partial charge in [0.15, 0.2) is 11.6 Å². The lowest BCUT2D eigenvalue weighted by Gasteiger charge is -2.19. The molecule has 6 aromatic rings. The first-order chi connectivity index (χ1) is 22.4. The molecule has 0 atom stereocenters. The highest BCUT2D eigenvalue weighted by Gasteiger charge is 2.39. The average Bonchev–Trinajstić information content (AvgIpc) is 3.79. The van der Waals surface area contributed by atoms with Crippen LogP contribution in [0, 0.1) is 5.82 Å². The lowest BCUT2D eigenvalue weighted by atomic mass is 10.1. The molecule has 0 unspecified atom stereocenters. The van der Waals surface area contributed by atoms with Gasteiger partial charge < -0.3 is 9.47 Å². The third-order valence-corrected chi connectivity index (χ3v) is 7.75. The zero-order chi connectivity index (χ0) is 31.8. The van der Waals surface area contributed by atoms with Gasteiger partial charge in [-0.15, -0.1) is 0 Å². The third-order valence-electron chi connectivity index (χ3n) is 7.75. The molecule has 1 aliphatic rings. The van der Waals surface area contributed by atoms with Gasteiger partial charge in [-0.25, -0.2) is 19.0 Å². The topological polar surface area (TPSA) is 121 Å². The molecule has 0 aliphatic carbocycles. The number of unbranched alkanes of at least 4 members (excludes halogenated alkanes) is 1. The number of imide groups is 1. The number of anilines is 1. The number of hydrogen-bond acceptors (Lipinski definition) is 8. The number of amides is 2. The lowest BCUT2D eigenvalue weighted by molar-refractivity contribution is -0.144. The predicted molar refractivity (Wildman–Crippen MR) is 166 cm³/mol. The van der Waals surface area contributed by atoms with E-state index in [0.29, 0.717) is 34.3 Å². The van der Waals surface area contributed by atoms with Gasteiger partial charge >= 0.3 is 5.97 Å². The van der Waals surface area contributed by atoms with E-state index in [0.717, 1.165) is 23.1 Å². The summed E-state index contributed by atoms with van der Waals surface area (Å²) in [5, 5.41) is 9.99. The molecule has 4 heterocycles. The highest BCUT2D eigenvalue weighted by atomic mass is 19.1. The molecule has 0 saturated heterocycles. The lowest BCUT2D eigenvalue weighted by Crippen LogP contribution is -2.30. The van der Waals surface area contributed by atoms with E-state index in [4.69, 9.17) is 9.47 Å². The number of rotatable bonds is 10. The van der Waals surface area contributed by atoms with E-state index in [1.807, 2.05) is 19.1 Å². The second-order valence-electron chi connectivity index (χ2n) is 10.8. The quantitative estimate of drug-likeness (QED) is 0.110. The Kier molecular flexibility index (Phi) is 7.45. The molecule has 0 saturated carbocycles. The number of esters is 1. The standard InChI is InChI=1S/C34H27FN6O5/c1-2-3-13-45-31(42)19-40-28-16-23(29(15-22(28)18-37-40)39-12-6-11-36-39)20-46-30-17-21-14-24(35)9-10-27(21)38-32(30)41-33(43)25-7-4-5-8-26(25)34(41)44/h4-12,14-18H,2-3,13,19-20H2,1H3. The molecule has 3 aromatic carbocycles. The van der Waals surface area contributed by atoms with Gasteiger partial charge in [0, 0.05) is 28.7 Å². The van der Waals surface area contributed by atoms with Crippen LogP contribution in [0.2, 0.25) is 0 Å². The summed E-state index contributed by atoms with van der Waals surface area (Å²) in [5.74, 6) is -1.84. The van der Waals surface area contributed by atoms with E-state index in [-0.39, 0.29) is 35.8 Å². The van der Waals surface area contributed by atoms with E-state index >= 15 is 0 Å². The van der Waals surface area contributed by atoms with Crippen molar-refractivity contribution in [1.29, 1.82) is 0 Å². The molecule has 11 nitrogen and oxygen atoms in total. The summed E-state index contributed by atoms with van der Waals surface area (Å²) >= 11 is 0. The summed E-state index contributed by atoms with van der Waals surface area (Å²) in [6, 6.07) is 17.7. The van der Waals surface area contributed by atoms with Gasteiger partial charge in [-0.3, -0.25) is 19.1 Å². The number of halogens is 1. The maximum absolute atomic E-state index is 14.2. The molecule has 0 bridgehead atoms. The van der Waals surface area contributed by atoms with Crippen LogP contribution in [0.3, 0.4) is 0 Å². The highest BCUT2D eigenvalue weighted by molar-refractivity contribution is 6.34. The van der Waals surface area contributed by atoms with Crippen molar-refractivity contribution in [3.8, 4) is 11.4 Å². The first-order valence-corrected chi connectivity index (χ1v) is 14.8. The second-order valence-corrected chi connectivity index (χ2v) is 10.8. The fourth-order valence-corrected chi connectivity index (χ4v) is 5.44. The van der Waals surface area contributed by atoms with E-state index in [2.05, 4.69) is 15.2 Å². The first kappa shape index (κ1) is 28.8. The number of carbonyl (C=O) groups excluding carboxylic acids is 3. The van der Waals surface area contributed by atoms with Crippen molar-refractivity contribution in [2.75, 3.05) is 11.5 Å². The minimum absolute atomic E-state index is 0.00751. The van der Waals surface area contributed by atoms with Crippen molar-refractivity contribution in [3.63, 3.8) is 0 Å². The number of aromatic nitrogens is 5. The maximum atomic E-state index is 14.2. The Morgan fingerprint density at radius 1 is 0.935 bits per heavy atom. The molecular formula is C34H27FN6O5. The Balaban J connectivity index is 1.28. The van der Waals surface area contributed by atoms with Gasteiger partial charge in [-0.2, -0.15) is 10.2 Å². The van der Waals surface area contributed by atoms with Gasteiger partial charge in [0.2, 0.25) is 0 Å². The summed E-state index contributed by atoms with van der Waals surface area (Å²) in [6.07, 6.45) is 6.78. The van der Waals surface area contributed by atoms with Crippen molar-refractivity contribution in [2.24, 2.45) is 0 Å². The van der Waals surface area contributed by atoms with Crippen LogP contribution in [-0.4, -0.2) is 48.9 Å². The van der Waals surface area contributed by atoms with Crippen LogP contribution in [0.1, 0.15) is 46.0 Å². The number of pyridine rings is 1. The molecule has 1 aliphatic heterocycles. The fraction of sp³-hybridized carbons (Fsp3) is 0.176. The Hall–Kier alpha value is -5.91. The van der Waals surface area contributed by atoms with E-state index in [1.165, 1.54) is 18.2 Å². The molecule has 0 fully saturated rings. The Morgan fingerprint density at radius 3 is 2.48 bits per heavy atom. The summed E-state index contributed by atoms with van der Waals surface area (Å²) in [5.41, 5.74) is 2.91. The molecule has 12 heteroatoms. The van der Waals surface area contributed by atoms with E-state index in [9.17, 15) is 18.8 Å². The molecule has 0 radical (unpaired) electrons. The largest absolute Gasteiger partial charge is 0.485 e. The molecule has 46 heavy (non-hydrogen) atoms. The Morgan fingerprint density at radius 2 is 1.74 bits per heavy atom. The minimum Gasteiger partial charge on any atom is -0.485 e. The van der Waals surface area contributed by atoms with Crippen LogP contribution in [0.4, 0.5) is 10.2 Å². The van der Waals surface area contributed by atoms with Crippen molar-refractivity contribution in [3.05, 3.63) is 108 Å². The van der Waals surface area contributed by atoms with E-state index < -0.39 is 23.6 Å². The maximum Gasteiger partial charge on any atom is 0.327 e. The Bertz CT molecular complexity index is 2110. The van der Waals surface area contributed by atoms with Crippen molar-refractivity contribution < 1.29 is 28.2 Å². The number of carbonyl (C=O) groups is 3. The first-order valence-electron chi connectivity index (χ1n) is 14.8. The van der Waals surface area contributed by atoms with Crippen LogP contribution in [-0.2, 0) is 22.7 Å². The zero-order valence-electron chi connectivity index (χ0n) is 24.7. The smallest absolute Gasteiger partial charge is 0.327 e. The van der Waals surface area contributed by atoms with Crippen molar-refractivity contribution >= 4 is 45.4 Å². The van der Waals surface area contributed by atoms with Gasteiger partial charge in [-0.05, 0) is 61.0 Å². The zero-order valence-corrected chi connectivity index (χ0v) is 24.7. The number of benzene rings is 3. The highest BCUT2D eigenvalue weighted by Crippen LogP contribution is 2.37. The van der Waals surface area contributed by atoms with Crippen LogP contribution in [0.5, 0.6) is 5.75 Å². The van der Waals surface area contributed by atoms with E-state index in [1.54, 1.807) is 64.4 Å². The van der Waals surface area contributed by atoms with Crippen molar-refractivity contribution in [2.45, 2.75) is 32.9 Å². The van der Waals surface area contributed by atoms with Crippen LogP contribution < -0.4 is 9.64 Å². The molecule has 2 amide bonds. The Labute approximate surface area is 261 Å². The van der Waals surface area contributed by atoms with Gasteiger partial charge in [0.05, 0.1) is 40.7 Å². The number of fused-ring (bicyclic) bond motifs is 3. The predicted octanol–water partition coefficient (Wildman–Crippen LogP) is 5.63. The summed E-state index contributed by atoms with van der Waals surface area (Å²) in [4.78, 5) is 45.0. The second kappa shape index (κ2) is 11.9. The summed E-state index contributed by atoms with van der Waals surface area (Å²) in [6.45, 7) is 2.23. The minimum atomic E-state index is -0.534. The molecular weight excluding hydrogens is 591 g/mol. The normalized spacial score (nSPS) is 12.7. The number of hydrogen-bond donors (Lipinski definition) is 0. The molecule has 0 spiro atoms.